The zero-order valence-electron chi connectivity index (χ0n) is 42.7. The smallest absolute Gasteiger partial charge is 0.315 e. The Morgan fingerprint density at radius 3 is 2.30 bits per heavy atom. The number of phenols is 1. The summed E-state index contributed by atoms with van der Waals surface area (Å²) in [5.74, 6) is -9.34. The Morgan fingerprint density at radius 1 is 0.958 bits per heavy atom. The number of aliphatic hydroxyl groups is 2. The number of aliphatic hydroxyl groups excluding tert-OH is 2. The summed E-state index contributed by atoms with van der Waals surface area (Å²) in [7, 11) is 1.40. The predicted octanol–water partition coefficient (Wildman–Crippen LogP) is 4.06. The van der Waals surface area contributed by atoms with Crippen LogP contribution in [0.3, 0.4) is 0 Å². The van der Waals surface area contributed by atoms with E-state index in [4.69, 9.17) is 28.7 Å². The average molecular weight is 990 g/mol. The third kappa shape index (κ3) is 11.4. The molecule has 5 heterocycles. The monoisotopic (exact) mass is 989 g/mol. The molecule has 1 spiro atoms. The molecule has 5 aliphatic heterocycles. The number of nitrogens with one attached hydrogen (secondary N) is 3. The Kier molecular flexibility index (Phi) is 17.1. The highest BCUT2D eigenvalue weighted by Gasteiger charge is 2.54. The molecule has 0 saturated carbocycles. The van der Waals surface area contributed by atoms with E-state index in [2.05, 4.69) is 34.7 Å². The molecule has 6 aliphatic rings. The lowest BCUT2D eigenvalue weighted by molar-refractivity contribution is -0.164. The van der Waals surface area contributed by atoms with Crippen LogP contribution in [0.4, 0.5) is 0 Å². The van der Waals surface area contributed by atoms with E-state index in [1.165, 1.54) is 39.4 Å². The Bertz CT molecular complexity index is 2430. The first-order valence-electron chi connectivity index (χ1n) is 24.5. The number of piperidine rings is 1. The summed E-state index contributed by atoms with van der Waals surface area (Å²) in [5.41, 5.74) is -0.556. The van der Waals surface area contributed by atoms with Crippen LogP contribution in [-0.4, -0.2) is 137 Å². The number of amides is 2. The summed E-state index contributed by atoms with van der Waals surface area (Å²) in [6.07, 6.45) is 3.21. The first kappa shape index (κ1) is 54.4. The number of Topliss-reactive ketones (excluding diaryl/α,β-unsaturated/α-hetero) is 2. The van der Waals surface area contributed by atoms with E-state index in [-0.39, 0.29) is 70.3 Å². The van der Waals surface area contributed by atoms with Crippen LogP contribution in [0, 0.1) is 36.5 Å². The standard InChI is InChI=1S/C52H71N5O14/c1-12-68-35(59)16-20-53-34(58)24-36(60)70-47-29(6)33(67-11)17-23-69-51(10)49(65)39-37-38(45(63)32(9)48(39)71-51)46(64)42(41-40(37)55-52(56-41)18-21-57(22-19-52)25-26(2)3)54-50(66)28(5)15-13-14-27(4)43(61)30(7)44(62)31(47)8/h13-15,17,23,26-27,29-31,33,43-44,47,56,61-63H,12,16,18-22,24-25H2,1-11H3,(H,53,58)(H,54,66)/b14-13+,23-17+,28-15-/t27-,29+,30+,31+,33-,43-,44+,47+,51-/m0/s1. The highest BCUT2D eigenvalue weighted by molar-refractivity contribution is 6.34. The Labute approximate surface area is 415 Å². The van der Waals surface area contributed by atoms with E-state index >= 15 is 0 Å². The summed E-state index contributed by atoms with van der Waals surface area (Å²) in [6, 6.07) is 0. The van der Waals surface area contributed by atoms with Crippen molar-refractivity contribution in [2.75, 3.05) is 39.9 Å². The number of nitrogens with zero attached hydrogens (tertiary/aromatic N) is 2. The van der Waals surface area contributed by atoms with Crippen LogP contribution >= 0.6 is 0 Å². The third-order valence-electron chi connectivity index (χ3n) is 14.2. The summed E-state index contributed by atoms with van der Waals surface area (Å²) in [6.45, 7) is 19.5. The van der Waals surface area contributed by atoms with Gasteiger partial charge in [-0.15, -0.1) is 0 Å². The minimum atomic E-state index is -2.05. The first-order chi connectivity index (χ1) is 33.5. The van der Waals surface area contributed by atoms with Gasteiger partial charge < -0.3 is 59.9 Å². The van der Waals surface area contributed by atoms with Crippen molar-refractivity contribution >= 4 is 41.0 Å². The summed E-state index contributed by atoms with van der Waals surface area (Å²) in [5, 5.41) is 44.1. The first-order valence-corrected chi connectivity index (χ1v) is 24.5. The maximum absolute atomic E-state index is 14.9. The number of rotatable bonds is 10. The summed E-state index contributed by atoms with van der Waals surface area (Å²) >= 11 is 0. The van der Waals surface area contributed by atoms with Gasteiger partial charge in [0.05, 0.1) is 60.1 Å². The van der Waals surface area contributed by atoms with Gasteiger partial charge in [0.25, 0.3) is 11.7 Å². The SMILES string of the molecule is CCOC(=O)CCNC(=O)CC(=O)O[C@H]1[C@H](C)[C@H](O)[C@H](C)[C@@H](O)[C@@H](C)/C=C/C=C(/C)C(=O)NC2=C3NC4(CCN(CC(C)C)CC4)N=C3c3c(c(O)c(C)c4c3C(=O)[C@@](C)(O/C=C/[C@H](OC)[C@H]1C)O4)C2=O. The number of methoxy groups -OCH3 is 1. The number of esters is 2. The van der Waals surface area contributed by atoms with Crippen LogP contribution in [-0.2, 0) is 38.1 Å². The molecule has 1 fully saturated rings. The zero-order valence-corrected chi connectivity index (χ0v) is 42.7. The fourth-order valence-corrected chi connectivity index (χ4v) is 10.0. The van der Waals surface area contributed by atoms with Gasteiger partial charge in [0, 0.05) is 93.4 Å². The number of ether oxygens (including phenoxy) is 5. The fraction of sp³-hybridized carbons (Fsp3) is 0.596. The van der Waals surface area contributed by atoms with Crippen molar-refractivity contribution in [3.63, 3.8) is 0 Å². The van der Waals surface area contributed by atoms with Crippen molar-refractivity contribution in [2.24, 2.45) is 34.6 Å². The number of aliphatic imine (C=N–C) groups is 1. The topological polar surface area (TPSA) is 261 Å². The maximum Gasteiger partial charge on any atom is 0.315 e. The van der Waals surface area contributed by atoms with E-state index in [1.54, 1.807) is 53.7 Å². The van der Waals surface area contributed by atoms with Crippen molar-refractivity contribution in [1.29, 1.82) is 0 Å². The molecule has 0 radical (unpaired) electrons. The van der Waals surface area contributed by atoms with Gasteiger partial charge in [0.15, 0.2) is 0 Å². The van der Waals surface area contributed by atoms with E-state index in [0.29, 0.717) is 31.8 Å². The Hall–Kier alpha value is -5.89. The quantitative estimate of drug-likeness (QED) is 0.143. The summed E-state index contributed by atoms with van der Waals surface area (Å²) < 4.78 is 29.1. The maximum atomic E-state index is 14.9. The number of carbonyl (C=O) groups excluding carboxylic acids is 6. The van der Waals surface area contributed by atoms with Gasteiger partial charge in [-0.25, -0.2) is 0 Å². The second kappa shape index (κ2) is 22.3. The number of phenolic OH excluding ortho intramolecular Hbond substituents is 1. The normalized spacial score (nSPS) is 30.5. The lowest BCUT2D eigenvalue weighted by atomic mass is 9.78. The molecule has 7 rings (SSSR count). The molecule has 1 aliphatic carbocycles. The highest BCUT2D eigenvalue weighted by Crippen LogP contribution is 2.50. The third-order valence-corrected chi connectivity index (χ3v) is 14.2. The molecule has 0 unspecified atom stereocenters. The van der Waals surface area contributed by atoms with E-state index in [9.17, 15) is 44.1 Å². The summed E-state index contributed by atoms with van der Waals surface area (Å²) in [4.78, 5) is 89.2. The number of allylic oxidation sites excluding steroid dienone is 4. The molecular weight excluding hydrogens is 919 g/mol. The molecule has 1 aromatic carbocycles. The van der Waals surface area contributed by atoms with Crippen molar-refractivity contribution in [3.8, 4) is 11.5 Å². The minimum absolute atomic E-state index is 0.0183. The van der Waals surface area contributed by atoms with Crippen LogP contribution in [0.5, 0.6) is 11.5 Å². The molecule has 71 heavy (non-hydrogen) atoms. The molecule has 5 bridgehead atoms. The van der Waals surface area contributed by atoms with Crippen LogP contribution in [0.2, 0.25) is 0 Å². The van der Waals surface area contributed by atoms with Crippen LogP contribution < -0.4 is 20.7 Å². The molecular formula is C52H71N5O14. The van der Waals surface area contributed by atoms with Crippen molar-refractivity contribution in [1.82, 2.24) is 20.9 Å². The lowest BCUT2D eigenvalue weighted by Gasteiger charge is -2.38. The van der Waals surface area contributed by atoms with Crippen molar-refractivity contribution in [3.05, 3.63) is 69.8 Å². The fourth-order valence-electron chi connectivity index (χ4n) is 10.0. The van der Waals surface area contributed by atoms with Crippen LogP contribution in [0.1, 0.15) is 120 Å². The average Bonchev–Trinajstić information content (AvgIpc) is 3.82. The molecule has 2 amide bonds. The Balaban J connectivity index is 1.40. The van der Waals surface area contributed by atoms with Gasteiger partial charge in [-0.1, -0.05) is 59.8 Å². The number of hydrogen-bond donors (Lipinski definition) is 6. The number of aromatic hydroxyl groups is 1. The number of carbonyl (C=O) groups is 6. The lowest BCUT2D eigenvalue weighted by Crippen LogP contribution is -2.50. The van der Waals surface area contributed by atoms with Crippen molar-refractivity contribution in [2.45, 2.75) is 131 Å². The van der Waals surface area contributed by atoms with Gasteiger partial charge in [-0.2, -0.15) is 0 Å². The second-order valence-electron chi connectivity index (χ2n) is 20.0. The van der Waals surface area contributed by atoms with E-state index in [1.807, 2.05) is 0 Å². The Morgan fingerprint density at radius 2 is 1.65 bits per heavy atom. The number of ketones is 2. The van der Waals surface area contributed by atoms with Gasteiger partial charge >= 0.3 is 17.7 Å². The molecule has 1 aromatic rings. The molecule has 388 valence electrons. The number of benzene rings is 1. The highest BCUT2D eigenvalue weighted by atomic mass is 16.7. The van der Waals surface area contributed by atoms with Gasteiger partial charge in [-0.3, -0.25) is 33.8 Å². The largest absolute Gasteiger partial charge is 0.507 e. The van der Waals surface area contributed by atoms with Gasteiger partial charge in [-0.05, 0) is 32.8 Å². The molecule has 6 N–H and O–H groups in total. The molecule has 9 atom stereocenters. The molecule has 19 nitrogen and oxygen atoms in total. The predicted molar refractivity (Wildman–Crippen MR) is 260 cm³/mol. The van der Waals surface area contributed by atoms with Crippen LogP contribution in [0.25, 0.3) is 0 Å². The van der Waals surface area contributed by atoms with E-state index in [0.717, 1.165) is 6.54 Å². The number of likely N-dealkylation sites (tertiary alicyclic amines) is 1. The zero-order chi connectivity index (χ0) is 52.3. The van der Waals surface area contributed by atoms with Crippen LogP contribution in [0.15, 0.2) is 52.5 Å². The van der Waals surface area contributed by atoms with Crippen molar-refractivity contribution < 1.29 is 67.8 Å². The molecule has 0 aromatic heterocycles. The molecule has 19 heteroatoms. The second-order valence-corrected chi connectivity index (χ2v) is 20.0. The minimum Gasteiger partial charge on any atom is -0.507 e. The number of hydrogen-bond acceptors (Lipinski definition) is 17. The number of fused-ring (bicyclic) bond motifs is 13. The molecule has 1 saturated heterocycles. The van der Waals surface area contributed by atoms with E-state index < -0.39 is 107 Å². The van der Waals surface area contributed by atoms with Gasteiger partial charge in [0.2, 0.25) is 11.7 Å². The van der Waals surface area contributed by atoms with Gasteiger partial charge in [0.1, 0.15) is 35.4 Å².